The molecule has 2 fully saturated rings. The molecule has 5 heteroatoms. The summed E-state index contributed by atoms with van der Waals surface area (Å²) in [5, 5.41) is 9.81. The monoisotopic (exact) mass is 257 g/mol. The van der Waals surface area contributed by atoms with Crippen LogP contribution in [0.3, 0.4) is 0 Å². The molecule has 1 saturated heterocycles. The summed E-state index contributed by atoms with van der Waals surface area (Å²) in [5.74, 6) is 0.125. The molecule has 2 aliphatic rings. The van der Waals surface area contributed by atoms with Crippen LogP contribution in [0, 0.1) is 0 Å². The highest BCUT2D eigenvalue weighted by Gasteiger charge is 2.38. The zero-order valence-electron chi connectivity index (χ0n) is 11.2. The number of carbonyl (C=O) groups excluding carboxylic acids is 1. The lowest BCUT2D eigenvalue weighted by Gasteiger charge is -2.35. The molecule has 2 unspecified atom stereocenters. The lowest BCUT2D eigenvalue weighted by molar-refractivity contribution is -0.136. The lowest BCUT2D eigenvalue weighted by atomic mass is 9.94. The van der Waals surface area contributed by atoms with Crippen LogP contribution in [-0.2, 0) is 14.3 Å². The summed E-state index contributed by atoms with van der Waals surface area (Å²) >= 11 is 0. The molecule has 5 nitrogen and oxygen atoms in total. The number of aliphatic hydroxyl groups is 1. The van der Waals surface area contributed by atoms with Crippen LogP contribution in [0.15, 0.2) is 0 Å². The fraction of sp³-hybridized carbons (Fsp3) is 0.923. The number of carbonyl (C=O) groups is 1. The zero-order valence-corrected chi connectivity index (χ0v) is 11.2. The first-order valence-corrected chi connectivity index (χ1v) is 6.66. The van der Waals surface area contributed by atoms with Crippen LogP contribution in [0.4, 0.5) is 0 Å². The average molecular weight is 257 g/mol. The molecule has 0 radical (unpaired) electrons. The van der Waals surface area contributed by atoms with Crippen LogP contribution in [0.5, 0.6) is 0 Å². The van der Waals surface area contributed by atoms with Gasteiger partial charge in [-0.2, -0.15) is 0 Å². The van der Waals surface area contributed by atoms with Gasteiger partial charge in [-0.1, -0.05) is 0 Å². The van der Waals surface area contributed by atoms with Gasteiger partial charge >= 0.3 is 0 Å². The number of amides is 1. The number of hydrogen-bond acceptors (Lipinski definition) is 4. The van der Waals surface area contributed by atoms with Crippen LogP contribution < -0.4 is 0 Å². The van der Waals surface area contributed by atoms with Crippen molar-refractivity contribution < 1.29 is 19.4 Å². The van der Waals surface area contributed by atoms with Crippen molar-refractivity contribution in [2.75, 3.05) is 26.8 Å². The molecule has 0 aromatic rings. The van der Waals surface area contributed by atoms with Crippen molar-refractivity contribution >= 4 is 5.91 Å². The van der Waals surface area contributed by atoms with Gasteiger partial charge in [-0.05, 0) is 19.8 Å². The topological polar surface area (TPSA) is 59.0 Å². The van der Waals surface area contributed by atoms with Crippen molar-refractivity contribution in [3.05, 3.63) is 0 Å². The minimum atomic E-state index is -0.604. The Morgan fingerprint density at radius 2 is 2.06 bits per heavy atom. The van der Waals surface area contributed by atoms with Crippen molar-refractivity contribution in [2.24, 2.45) is 0 Å². The van der Waals surface area contributed by atoms with Gasteiger partial charge < -0.3 is 19.5 Å². The van der Waals surface area contributed by atoms with Crippen molar-refractivity contribution in [1.82, 2.24) is 4.90 Å². The summed E-state index contributed by atoms with van der Waals surface area (Å²) in [6.07, 6.45) is 3.10. The Labute approximate surface area is 108 Å². The van der Waals surface area contributed by atoms with Crippen molar-refractivity contribution in [2.45, 2.75) is 50.4 Å². The highest BCUT2D eigenvalue weighted by atomic mass is 16.6. The van der Waals surface area contributed by atoms with E-state index in [2.05, 4.69) is 0 Å². The molecule has 0 aromatic heterocycles. The van der Waals surface area contributed by atoms with Gasteiger partial charge in [0.2, 0.25) is 5.91 Å². The summed E-state index contributed by atoms with van der Waals surface area (Å²) in [7, 11) is 1.68. The number of piperidine rings is 1. The summed E-state index contributed by atoms with van der Waals surface area (Å²) in [4.78, 5) is 13.7. The van der Waals surface area contributed by atoms with Crippen LogP contribution in [0.1, 0.15) is 32.6 Å². The van der Waals surface area contributed by atoms with Crippen molar-refractivity contribution in [3.8, 4) is 0 Å². The molecule has 104 valence electrons. The molecular formula is C13H23NO4. The molecule has 0 bridgehead atoms. The van der Waals surface area contributed by atoms with Gasteiger partial charge in [0, 0.05) is 26.6 Å². The molecule has 18 heavy (non-hydrogen) atoms. The minimum absolute atomic E-state index is 0.125. The summed E-state index contributed by atoms with van der Waals surface area (Å²) in [5.41, 5.74) is -0.604. The maximum atomic E-state index is 11.9. The molecule has 2 rings (SSSR count). The highest BCUT2D eigenvalue weighted by Crippen LogP contribution is 2.28. The van der Waals surface area contributed by atoms with Gasteiger partial charge in [0.05, 0.1) is 30.8 Å². The molecule has 1 heterocycles. The van der Waals surface area contributed by atoms with Gasteiger partial charge in [-0.3, -0.25) is 4.79 Å². The fourth-order valence-corrected chi connectivity index (χ4v) is 2.27. The van der Waals surface area contributed by atoms with E-state index in [4.69, 9.17) is 9.47 Å². The SMILES string of the molecule is COC1CC1OCCC(=O)N1CCC(C)(O)CC1. The molecule has 1 aliphatic carbocycles. The van der Waals surface area contributed by atoms with Crippen molar-refractivity contribution in [3.63, 3.8) is 0 Å². The quantitative estimate of drug-likeness (QED) is 0.781. The van der Waals surface area contributed by atoms with E-state index in [9.17, 15) is 9.90 Å². The second-order valence-corrected chi connectivity index (χ2v) is 5.55. The number of ether oxygens (including phenoxy) is 2. The van der Waals surface area contributed by atoms with E-state index in [1.165, 1.54) is 0 Å². The predicted molar refractivity (Wildman–Crippen MR) is 66.2 cm³/mol. The van der Waals surface area contributed by atoms with E-state index in [-0.39, 0.29) is 18.1 Å². The second-order valence-electron chi connectivity index (χ2n) is 5.55. The van der Waals surface area contributed by atoms with E-state index < -0.39 is 5.60 Å². The smallest absolute Gasteiger partial charge is 0.224 e. The summed E-state index contributed by atoms with van der Waals surface area (Å²) in [6, 6.07) is 0. The van der Waals surface area contributed by atoms with E-state index in [0.29, 0.717) is 39.0 Å². The molecule has 1 N–H and O–H groups in total. The lowest BCUT2D eigenvalue weighted by Crippen LogP contribution is -2.45. The van der Waals surface area contributed by atoms with Gasteiger partial charge in [-0.25, -0.2) is 0 Å². The third-order valence-corrected chi connectivity index (χ3v) is 3.82. The molecule has 1 amide bonds. The molecule has 0 spiro atoms. The summed E-state index contributed by atoms with van der Waals surface area (Å²) in [6.45, 7) is 3.60. The largest absolute Gasteiger partial charge is 0.390 e. The van der Waals surface area contributed by atoms with Crippen molar-refractivity contribution in [1.29, 1.82) is 0 Å². The molecule has 0 aromatic carbocycles. The molecule has 1 aliphatic heterocycles. The number of likely N-dealkylation sites (tertiary alicyclic amines) is 1. The molecule has 2 atom stereocenters. The first-order valence-electron chi connectivity index (χ1n) is 6.66. The normalized spacial score (nSPS) is 30.3. The number of rotatable bonds is 5. The minimum Gasteiger partial charge on any atom is -0.390 e. The third kappa shape index (κ3) is 3.67. The predicted octanol–water partition coefficient (Wildman–Crippen LogP) is 0.554. The number of nitrogens with zero attached hydrogens (tertiary/aromatic N) is 1. The Hall–Kier alpha value is -0.650. The van der Waals surface area contributed by atoms with Gasteiger partial charge in [0.15, 0.2) is 0 Å². The van der Waals surface area contributed by atoms with E-state index in [0.717, 1.165) is 6.42 Å². The first-order chi connectivity index (χ1) is 8.52. The van der Waals surface area contributed by atoms with Crippen LogP contribution in [0.2, 0.25) is 0 Å². The van der Waals surface area contributed by atoms with Gasteiger partial charge in [-0.15, -0.1) is 0 Å². The average Bonchev–Trinajstić information content (AvgIpc) is 3.07. The van der Waals surface area contributed by atoms with E-state index in [1.807, 2.05) is 11.8 Å². The third-order valence-electron chi connectivity index (χ3n) is 3.82. The Bertz CT molecular complexity index is 295. The molecular weight excluding hydrogens is 234 g/mol. The van der Waals surface area contributed by atoms with Gasteiger partial charge in [0.25, 0.3) is 0 Å². The second kappa shape index (κ2) is 5.55. The van der Waals surface area contributed by atoms with E-state index in [1.54, 1.807) is 7.11 Å². The molecule has 1 saturated carbocycles. The number of methoxy groups -OCH3 is 1. The first kappa shape index (κ1) is 13.8. The Morgan fingerprint density at radius 1 is 1.39 bits per heavy atom. The maximum absolute atomic E-state index is 11.9. The summed E-state index contributed by atoms with van der Waals surface area (Å²) < 4.78 is 10.7. The Balaban J connectivity index is 1.60. The van der Waals surface area contributed by atoms with Crippen LogP contribution in [-0.4, -0.2) is 60.5 Å². The van der Waals surface area contributed by atoms with Gasteiger partial charge in [0.1, 0.15) is 0 Å². The maximum Gasteiger partial charge on any atom is 0.224 e. The Morgan fingerprint density at radius 3 is 2.61 bits per heavy atom. The number of hydrogen-bond donors (Lipinski definition) is 1. The van der Waals surface area contributed by atoms with Crippen LogP contribution in [0.25, 0.3) is 0 Å². The standard InChI is InChI=1S/C13H23NO4/c1-13(16)4-6-14(7-5-13)12(15)3-8-18-11-9-10(11)17-2/h10-11,16H,3-9H2,1-2H3. The van der Waals surface area contributed by atoms with Crippen LogP contribution >= 0.6 is 0 Å². The zero-order chi connectivity index (χ0) is 13.2. The fourth-order valence-electron chi connectivity index (χ4n) is 2.27. The highest BCUT2D eigenvalue weighted by molar-refractivity contribution is 5.76. The van der Waals surface area contributed by atoms with E-state index >= 15 is 0 Å². The Kier molecular flexibility index (Phi) is 4.25.